The minimum Gasteiger partial charge on any atom is -0.406 e. The Bertz CT molecular complexity index is 704. The van der Waals surface area contributed by atoms with Crippen LogP contribution in [0, 0.1) is 0 Å². The molecule has 13 heteroatoms. The van der Waals surface area contributed by atoms with E-state index in [0.717, 1.165) is 12.1 Å². The highest BCUT2D eigenvalue weighted by Gasteiger charge is 2.47. The topological polar surface area (TPSA) is 82.7 Å². The summed E-state index contributed by atoms with van der Waals surface area (Å²) in [7, 11) is 0. The number of imide groups is 1. The average molecular weight is 414 g/mol. The second kappa shape index (κ2) is 7.73. The van der Waals surface area contributed by atoms with Crippen LogP contribution in [0.15, 0.2) is 24.3 Å². The highest BCUT2D eigenvalue weighted by Crippen LogP contribution is 2.26. The predicted molar refractivity (Wildman–Crippen MR) is 82.9 cm³/mol. The molecule has 1 heterocycles. The van der Waals surface area contributed by atoms with E-state index in [9.17, 15) is 35.9 Å². The average Bonchev–Trinajstić information content (AvgIpc) is 2.52. The van der Waals surface area contributed by atoms with Gasteiger partial charge < -0.3 is 15.4 Å². The molecule has 1 aliphatic rings. The Morgan fingerprint density at radius 2 is 1.50 bits per heavy atom. The molecule has 0 bridgehead atoms. The third-order valence-electron chi connectivity index (χ3n) is 3.86. The van der Waals surface area contributed by atoms with Gasteiger partial charge in [0.25, 0.3) is 0 Å². The molecule has 2 rings (SSSR count). The van der Waals surface area contributed by atoms with Crippen LogP contribution < -0.4 is 20.7 Å². The van der Waals surface area contributed by atoms with E-state index >= 15 is 0 Å². The molecule has 1 aliphatic heterocycles. The molecule has 4 amide bonds. The van der Waals surface area contributed by atoms with E-state index in [0.29, 0.717) is 12.5 Å². The second-order valence-corrected chi connectivity index (χ2v) is 5.92. The van der Waals surface area contributed by atoms with Crippen molar-refractivity contribution in [1.82, 2.24) is 20.9 Å². The molecule has 2 atom stereocenters. The first kappa shape index (κ1) is 21.6. The van der Waals surface area contributed by atoms with Crippen LogP contribution >= 0.6 is 0 Å². The molecule has 0 unspecified atom stereocenters. The van der Waals surface area contributed by atoms with E-state index < -0.39 is 48.7 Å². The van der Waals surface area contributed by atoms with Crippen LogP contribution in [0.1, 0.15) is 25.5 Å². The Hall–Kier alpha value is -2.70. The lowest BCUT2D eigenvalue weighted by atomic mass is 10.1. The summed E-state index contributed by atoms with van der Waals surface area (Å²) >= 11 is 0. The number of nitrogens with one attached hydrogen (secondary N) is 3. The quantitative estimate of drug-likeness (QED) is 0.647. The smallest absolute Gasteiger partial charge is 0.406 e. The number of halogens is 6. The van der Waals surface area contributed by atoms with Crippen molar-refractivity contribution in [2.45, 2.75) is 44.8 Å². The van der Waals surface area contributed by atoms with Crippen LogP contribution in [0.25, 0.3) is 0 Å². The van der Waals surface area contributed by atoms with E-state index in [1.165, 1.54) is 12.1 Å². The van der Waals surface area contributed by atoms with Gasteiger partial charge in [-0.15, -0.1) is 13.2 Å². The van der Waals surface area contributed by atoms with Crippen molar-refractivity contribution in [2.75, 3.05) is 0 Å². The maximum atomic E-state index is 12.7. The predicted octanol–water partition coefficient (Wildman–Crippen LogP) is 3.21. The molecule has 1 aromatic carbocycles. The van der Waals surface area contributed by atoms with Crippen molar-refractivity contribution in [3.63, 3.8) is 0 Å². The summed E-state index contributed by atoms with van der Waals surface area (Å²) in [5.74, 6) is -0.431. The summed E-state index contributed by atoms with van der Waals surface area (Å²) in [6, 6.07) is -0.604. The first-order chi connectivity index (χ1) is 12.8. The molecule has 3 N–H and O–H groups in total. The van der Waals surface area contributed by atoms with Crippen LogP contribution in [0.2, 0.25) is 0 Å². The Labute approximate surface area is 155 Å². The molecular weight excluding hydrogens is 398 g/mol. The fraction of sp³-hybridized carbons (Fsp3) is 0.467. The molecule has 0 radical (unpaired) electrons. The van der Waals surface area contributed by atoms with Gasteiger partial charge in [-0.1, -0.05) is 12.1 Å². The molecule has 156 valence electrons. The highest BCUT2D eigenvalue weighted by molar-refractivity contribution is 5.96. The van der Waals surface area contributed by atoms with Gasteiger partial charge in [0.05, 0.1) is 0 Å². The molecular formula is C15H16F6N4O3. The number of nitrogens with zero attached hydrogens (tertiary/aromatic N) is 1. The zero-order valence-corrected chi connectivity index (χ0v) is 14.5. The van der Waals surface area contributed by atoms with Crippen molar-refractivity contribution in [3.8, 4) is 5.75 Å². The number of rotatable bonds is 5. The van der Waals surface area contributed by atoms with Crippen LogP contribution in [0.3, 0.4) is 0 Å². The third kappa shape index (κ3) is 5.41. The van der Waals surface area contributed by atoms with E-state index in [4.69, 9.17) is 0 Å². The molecule has 0 saturated carbocycles. The summed E-state index contributed by atoms with van der Waals surface area (Å²) in [4.78, 5) is 23.8. The van der Waals surface area contributed by atoms with Gasteiger partial charge in [0.15, 0.2) is 6.29 Å². The Morgan fingerprint density at radius 1 is 1.00 bits per heavy atom. The number of carbonyl (C=O) groups excluding carboxylic acids is 2. The Balaban J connectivity index is 1.99. The fourth-order valence-electron chi connectivity index (χ4n) is 2.40. The summed E-state index contributed by atoms with van der Waals surface area (Å²) in [6.45, 7) is 2.24. The lowest BCUT2D eigenvalue weighted by Gasteiger charge is -2.37. The number of alkyl halides is 6. The maximum Gasteiger partial charge on any atom is 0.573 e. The minimum absolute atomic E-state index is 0.00607. The monoisotopic (exact) mass is 414 g/mol. The van der Waals surface area contributed by atoms with Crippen LogP contribution in [-0.4, -0.2) is 41.8 Å². The number of hydrogen-bond donors (Lipinski definition) is 3. The lowest BCUT2D eigenvalue weighted by molar-refractivity contribution is -0.274. The molecule has 1 saturated heterocycles. The minimum atomic E-state index is -4.83. The number of urea groups is 2. The molecule has 28 heavy (non-hydrogen) atoms. The largest absolute Gasteiger partial charge is 0.573 e. The van der Waals surface area contributed by atoms with Crippen molar-refractivity contribution < 1.29 is 40.7 Å². The van der Waals surface area contributed by atoms with Gasteiger partial charge in [-0.25, -0.2) is 14.5 Å². The fourth-order valence-corrected chi connectivity index (χ4v) is 2.40. The van der Waals surface area contributed by atoms with Crippen LogP contribution in [0.5, 0.6) is 5.75 Å². The molecule has 0 spiro atoms. The number of carbonyl (C=O) groups is 2. The molecule has 7 nitrogen and oxygen atoms in total. The van der Waals surface area contributed by atoms with Gasteiger partial charge in [-0.3, -0.25) is 5.32 Å². The zero-order chi connectivity index (χ0) is 21.3. The lowest BCUT2D eigenvalue weighted by Crippen LogP contribution is -2.70. The van der Waals surface area contributed by atoms with E-state index in [1.54, 1.807) is 6.92 Å². The summed E-state index contributed by atoms with van der Waals surface area (Å²) in [6.07, 6.45) is -10.8. The number of hydrogen-bond acceptors (Lipinski definition) is 4. The first-order valence-corrected chi connectivity index (χ1v) is 7.86. The van der Waals surface area contributed by atoms with Gasteiger partial charge >= 0.3 is 24.6 Å². The van der Waals surface area contributed by atoms with Gasteiger partial charge in [0.1, 0.15) is 11.8 Å². The molecule has 0 aromatic heterocycles. The van der Waals surface area contributed by atoms with Crippen LogP contribution in [0.4, 0.5) is 35.9 Å². The van der Waals surface area contributed by atoms with E-state index in [-0.39, 0.29) is 4.90 Å². The van der Waals surface area contributed by atoms with Crippen molar-refractivity contribution in [3.05, 3.63) is 29.8 Å². The number of amides is 4. The third-order valence-corrected chi connectivity index (χ3v) is 3.86. The SMILES string of the molecule is C[C@H](NC1NC(=O)N([C@@H](C)C(F)(F)F)C(=O)N1)c1ccc(OC(F)(F)F)cc1. The summed E-state index contributed by atoms with van der Waals surface area (Å²) in [5, 5.41) is 7.05. The number of ether oxygens (including phenoxy) is 1. The van der Waals surface area contributed by atoms with Gasteiger partial charge in [0, 0.05) is 6.04 Å². The standard InChI is InChI=1S/C15H16F6N4O3/c1-7(9-3-5-10(6-4-9)28-15(19,20)21)22-11-23-12(26)25(13(27)24-11)8(2)14(16,17)18/h3-8,11,22H,1-2H3,(H,23,26)(H,24,27)/t7-,8-/m0/s1. The van der Waals surface area contributed by atoms with Crippen molar-refractivity contribution in [2.24, 2.45) is 0 Å². The van der Waals surface area contributed by atoms with Gasteiger partial charge in [0.2, 0.25) is 0 Å². The first-order valence-electron chi connectivity index (χ1n) is 7.86. The normalized spacial score (nSPS) is 18.4. The van der Waals surface area contributed by atoms with Gasteiger partial charge in [-0.05, 0) is 31.5 Å². The Kier molecular flexibility index (Phi) is 5.97. The molecule has 1 aromatic rings. The zero-order valence-electron chi connectivity index (χ0n) is 14.5. The Morgan fingerprint density at radius 3 is 1.93 bits per heavy atom. The number of benzene rings is 1. The molecule has 1 fully saturated rings. The molecule has 0 aliphatic carbocycles. The van der Waals surface area contributed by atoms with E-state index in [2.05, 4.69) is 20.7 Å². The summed E-state index contributed by atoms with van der Waals surface area (Å²) < 4.78 is 78.5. The highest BCUT2D eigenvalue weighted by atomic mass is 19.4. The van der Waals surface area contributed by atoms with E-state index in [1.807, 2.05) is 0 Å². The van der Waals surface area contributed by atoms with Gasteiger partial charge in [-0.2, -0.15) is 13.2 Å². The second-order valence-electron chi connectivity index (χ2n) is 5.92. The summed E-state index contributed by atoms with van der Waals surface area (Å²) in [5.41, 5.74) is 0.476. The van der Waals surface area contributed by atoms with Crippen molar-refractivity contribution in [1.29, 1.82) is 0 Å². The van der Waals surface area contributed by atoms with Crippen molar-refractivity contribution >= 4 is 12.1 Å². The van der Waals surface area contributed by atoms with Crippen LogP contribution in [-0.2, 0) is 0 Å². The maximum absolute atomic E-state index is 12.7.